The maximum atomic E-state index is 13.0. The van der Waals surface area contributed by atoms with Crippen LogP contribution in [0, 0.1) is 5.92 Å². The molecule has 2 fully saturated rings. The van der Waals surface area contributed by atoms with Crippen molar-refractivity contribution in [3.8, 4) is 5.75 Å². The van der Waals surface area contributed by atoms with Crippen LogP contribution in [0.2, 0.25) is 0 Å². The number of rotatable bonds is 4. The fraction of sp³-hybridized carbons (Fsp3) is 0.348. The van der Waals surface area contributed by atoms with E-state index in [4.69, 9.17) is 4.74 Å². The number of nitrogens with zero attached hydrogens (tertiary/aromatic N) is 3. The number of methoxy groups -OCH3 is 1. The molecule has 2 aromatic carbocycles. The van der Waals surface area contributed by atoms with Crippen molar-refractivity contribution in [3.63, 3.8) is 0 Å². The molecule has 0 aromatic heterocycles. The number of benzene rings is 2. The Kier molecular flexibility index (Phi) is 5.70. The Morgan fingerprint density at radius 1 is 0.900 bits per heavy atom. The summed E-state index contributed by atoms with van der Waals surface area (Å²) in [5, 5.41) is 0. The standard InChI is InChI=1S/C23H25N3O4/c1-30-20-10-6-5-9-19(20)26-16-18(15-21(26)27)23(29)25-13-11-24(12-14-25)22(28)17-7-3-2-4-8-17/h2-10,18H,11-16H2,1H3. The van der Waals surface area contributed by atoms with Crippen LogP contribution in [0.1, 0.15) is 16.8 Å². The highest BCUT2D eigenvalue weighted by atomic mass is 16.5. The molecule has 0 N–H and O–H groups in total. The minimum absolute atomic E-state index is 0.0129. The zero-order chi connectivity index (χ0) is 21.1. The van der Waals surface area contributed by atoms with Gasteiger partial charge in [0.1, 0.15) is 5.75 Å². The number of ether oxygens (including phenoxy) is 1. The van der Waals surface area contributed by atoms with Gasteiger partial charge in [-0.15, -0.1) is 0 Å². The fourth-order valence-corrected chi connectivity index (χ4v) is 4.11. The molecule has 0 bridgehead atoms. The number of anilines is 1. The summed E-state index contributed by atoms with van der Waals surface area (Å²) >= 11 is 0. The van der Waals surface area contributed by atoms with E-state index in [2.05, 4.69) is 0 Å². The first-order chi connectivity index (χ1) is 14.6. The largest absolute Gasteiger partial charge is 0.495 e. The average molecular weight is 407 g/mol. The van der Waals surface area contributed by atoms with Crippen LogP contribution in [0.5, 0.6) is 5.75 Å². The molecule has 0 saturated carbocycles. The van der Waals surface area contributed by atoms with Gasteiger partial charge in [0.25, 0.3) is 5.91 Å². The molecular formula is C23H25N3O4. The maximum Gasteiger partial charge on any atom is 0.253 e. The summed E-state index contributed by atoms with van der Waals surface area (Å²) < 4.78 is 5.36. The first kappa shape index (κ1) is 19.9. The van der Waals surface area contributed by atoms with Crippen LogP contribution in [-0.4, -0.2) is 67.4 Å². The Bertz CT molecular complexity index is 938. The van der Waals surface area contributed by atoms with E-state index in [0.29, 0.717) is 49.7 Å². The molecule has 2 heterocycles. The summed E-state index contributed by atoms with van der Waals surface area (Å²) in [6.07, 6.45) is 0.194. The molecule has 7 nitrogen and oxygen atoms in total. The molecule has 30 heavy (non-hydrogen) atoms. The zero-order valence-corrected chi connectivity index (χ0v) is 17.0. The average Bonchev–Trinajstić information content (AvgIpc) is 3.20. The second kappa shape index (κ2) is 8.57. The predicted molar refractivity (Wildman–Crippen MR) is 112 cm³/mol. The summed E-state index contributed by atoms with van der Waals surface area (Å²) in [7, 11) is 1.57. The molecule has 156 valence electrons. The Morgan fingerprint density at radius 3 is 2.23 bits per heavy atom. The number of piperazine rings is 1. The summed E-state index contributed by atoms with van der Waals surface area (Å²) in [6, 6.07) is 16.5. The lowest BCUT2D eigenvalue weighted by atomic mass is 10.1. The lowest BCUT2D eigenvalue weighted by molar-refractivity contribution is -0.137. The molecule has 4 rings (SSSR count). The van der Waals surface area contributed by atoms with Crippen LogP contribution < -0.4 is 9.64 Å². The van der Waals surface area contributed by atoms with Crippen LogP contribution in [-0.2, 0) is 9.59 Å². The first-order valence-corrected chi connectivity index (χ1v) is 10.1. The van der Waals surface area contributed by atoms with E-state index in [1.807, 2.05) is 36.4 Å². The van der Waals surface area contributed by atoms with Gasteiger partial charge in [0, 0.05) is 44.7 Å². The van der Waals surface area contributed by atoms with Crippen LogP contribution in [0.15, 0.2) is 54.6 Å². The molecule has 0 radical (unpaired) electrons. The normalized spacial score (nSPS) is 19.2. The van der Waals surface area contributed by atoms with E-state index < -0.39 is 0 Å². The zero-order valence-electron chi connectivity index (χ0n) is 17.0. The van der Waals surface area contributed by atoms with Gasteiger partial charge >= 0.3 is 0 Å². The molecule has 0 spiro atoms. The van der Waals surface area contributed by atoms with Gasteiger partial charge in [0.2, 0.25) is 11.8 Å². The van der Waals surface area contributed by atoms with Gasteiger partial charge in [-0.05, 0) is 24.3 Å². The lowest BCUT2D eigenvalue weighted by Crippen LogP contribution is -2.52. The minimum Gasteiger partial charge on any atom is -0.495 e. The van der Waals surface area contributed by atoms with Crippen LogP contribution in [0.25, 0.3) is 0 Å². The first-order valence-electron chi connectivity index (χ1n) is 10.1. The van der Waals surface area contributed by atoms with Crippen molar-refractivity contribution in [2.75, 3.05) is 44.7 Å². The van der Waals surface area contributed by atoms with Gasteiger partial charge in [-0.3, -0.25) is 14.4 Å². The van der Waals surface area contributed by atoms with Gasteiger partial charge in [-0.25, -0.2) is 0 Å². The van der Waals surface area contributed by atoms with Crippen molar-refractivity contribution in [2.24, 2.45) is 5.92 Å². The van der Waals surface area contributed by atoms with Gasteiger partial charge in [-0.2, -0.15) is 0 Å². The number of para-hydroxylation sites is 2. The van der Waals surface area contributed by atoms with E-state index >= 15 is 0 Å². The quantitative estimate of drug-likeness (QED) is 0.778. The topological polar surface area (TPSA) is 70.2 Å². The highest BCUT2D eigenvalue weighted by molar-refractivity contribution is 6.01. The molecule has 7 heteroatoms. The minimum atomic E-state index is -0.376. The van der Waals surface area contributed by atoms with Crippen molar-refractivity contribution in [1.29, 1.82) is 0 Å². The molecule has 1 atom stereocenters. The molecule has 2 saturated heterocycles. The number of amides is 3. The maximum absolute atomic E-state index is 13.0. The summed E-state index contributed by atoms with van der Waals surface area (Å²) in [4.78, 5) is 43.4. The van der Waals surface area contributed by atoms with Crippen molar-refractivity contribution in [2.45, 2.75) is 6.42 Å². The van der Waals surface area contributed by atoms with Gasteiger partial charge < -0.3 is 19.4 Å². The van der Waals surface area contributed by atoms with Crippen molar-refractivity contribution in [3.05, 3.63) is 60.2 Å². The van der Waals surface area contributed by atoms with E-state index in [0.717, 1.165) is 0 Å². The fourth-order valence-electron chi connectivity index (χ4n) is 4.11. The predicted octanol–water partition coefficient (Wildman–Crippen LogP) is 2.03. The summed E-state index contributed by atoms with van der Waals surface area (Å²) in [5.41, 5.74) is 1.35. The SMILES string of the molecule is COc1ccccc1N1CC(C(=O)N2CCN(C(=O)c3ccccc3)CC2)CC1=O. The molecule has 2 aliphatic heterocycles. The third kappa shape index (κ3) is 3.87. The summed E-state index contributed by atoms with van der Waals surface area (Å²) in [5.74, 6) is 0.134. The third-order valence-corrected chi connectivity index (χ3v) is 5.75. The Labute approximate surface area is 175 Å². The lowest BCUT2D eigenvalue weighted by Gasteiger charge is -2.36. The van der Waals surface area contributed by atoms with Crippen LogP contribution in [0.4, 0.5) is 5.69 Å². The third-order valence-electron chi connectivity index (χ3n) is 5.75. The van der Waals surface area contributed by atoms with Crippen molar-refractivity contribution >= 4 is 23.4 Å². The Hall–Kier alpha value is -3.35. The number of hydrogen-bond donors (Lipinski definition) is 0. The molecule has 0 aliphatic carbocycles. The smallest absolute Gasteiger partial charge is 0.253 e. The highest BCUT2D eigenvalue weighted by Gasteiger charge is 2.39. The molecule has 2 aliphatic rings. The van der Waals surface area contributed by atoms with E-state index in [9.17, 15) is 14.4 Å². The van der Waals surface area contributed by atoms with Crippen molar-refractivity contribution in [1.82, 2.24) is 9.80 Å². The second-order valence-electron chi connectivity index (χ2n) is 7.56. The number of hydrogen-bond acceptors (Lipinski definition) is 4. The molecule has 2 aromatic rings. The van der Waals surface area contributed by atoms with Crippen molar-refractivity contribution < 1.29 is 19.1 Å². The van der Waals surface area contributed by atoms with Gasteiger partial charge in [0.15, 0.2) is 0 Å². The van der Waals surface area contributed by atoms with E-state index in [1.54, 1.807) is 40.0 Å². The van der Waals surface area contributed by atoms with E-state index in [-0.39, 0.29) is 30.1 Å². The highest BCUT2D eigenvalue weighted by Crippen LogP contribution is 2.33. The second-order valence-corrected chi connectivity index (χ2v) is 7.56. The van der Waals surface area contributed by atoms with Gasteiger partial charge in [-0.1, -0.05) is 30.3 Å². The van der Waals surface area contributed by atoms with Crippen LogP contribution in [0.3, 0.4) is 0 Å². The monoisotopic (exact) mass is 407 g/mol. The number of carbonyl (C=O) groups is 3. The Balaban J connectivity index is 1.37. The van der Waals surface area contributed by atoms with Crippen LogP contribution >= 0.6 is 0 Å². The molecular weight excluding hydrogens is 382 g/mol. The Morgan fingerprint density at radius 2 is 1.53 bits per heavy atom. The number of carbonyl (C=O) groups excluding carboxylic acids is 3. The van der Waals surface area contributed by atoms with Gasteiger partial charge in [0.05, 0.1) is 18.7 Å². The molecule has 3 amide bonds. The molecule has 1 unspecified atom stereocenters. The summed E-state index contributed by atoms with van der Waals surface area (Å²) in [6.45, 7) is 2.31. The van der Waals surface area contributed by atoms with E-state index in [1.165, 1.54) is 0 Å².